The second-order valence-electron chi connectivity index (χ2n) is 3.60. The number of nitrogens with zero attached hydrogens (tertiary/aromatic N) is 1. The van der Waals surface area contributed by atoms with Crippen molar-refractivity contribution in [3.8, 4) is 0 Å². The van der Waals surface area contributed by atoms with Gasteiger partial charge in [-0.25, -0.2) is 19.6 Å². The summed E-state index contributed by atoms with van der Waals surface area (Å²) in [5, 5.41) is 11.6. The number of hydrogen-bond acceptors (Lipinski definition) is 6. The Labute approximate surface area is 103 Å². The average molecular weight is 262 g/mol. The molecule has 0 aliphatic rings. The fraction of sp³-hybridized carbons (Fsp3) is 0.500. The molecule has 5 N–H and O–H groups in total. The first-order chi connectivity index (χ1) is 8.62. The van der Waals surface area contributed by atoms with Crippen LogP contribution in [-0.4, -0.2) is 36.5 Å². The van der Waals surface area contributed by atoms with Gasteiger partial charge in [-0.3, -0.25) is 0 Å². The molecular formula is C10H16F2N4O2. The van der Waals surface area contributed by atoms with Crippen LogP contribution in [0.2, 0.25) is 0 Å². The zero-order valence-corrected chi connectivity index (χ0v) is 9.91. The molecule has 1 unspecified atom stereocenters. The summed E-state index contributed by atoms with van der Waals surface area (Å²) in [6, 6.07) is 0.339. The van der Waals surface area contributed by atoms with Gasteiger partial charge in [0.25, 0.3) is 0 Å². The number of nitrogens with two attached hydrogens (primary N) is 1. The second kappa shape index (κ2) is 7.04. The highest BCUT2D eigenvalue weighted by molar-refractivity contribution is 5.47. The molecule has 0 aromatic carbocycles. The van der Waals surface area contributed by atoms with Gasteiger partial charge in [-0.2, -0.15) is 0 Å². The number of halogens is 2. The Bertz CT molecular complexity index is 386. The van der Waals surface area contributed by atoms with Gasteiger partial charge in [0.05, 0.1) is 12.6 Å². The Hall–Kier alpha value is -1.51. The lowest BCUT2D eigenvalue weighted by Crippen LogP contribution is -2.27. The van der Waals surface area contributed by atoms with Gasteiger partial charge < -0.3 is 20.6 Å². The van der Waals surface area contributed by atoms with E-state index in [9.17, 15) is 8.78 Å². The maximum atomic E-state index is 13.5. The normalized spacial score (nSPS) is 12.3. The van der Waals surface area contributed by atoms with Crippen molar-refractivity contribution in [1.29, 1.82) is 0 Å². The zero-order valence-electron chi connectivity index (χ0n) is 9.91. The van der Waals surface area contributed by atoms with Crippen LogP contribution in [0.3, 0.4) is 0 Å². The number of aliphatic hydroxyl groups excluding tert-OH is 1. The number of hydrazine groups is 1. The SMILES string of the molecule is COCC(CCO)Nc1nc(NN)c(F)cc1F. The highest BCUT2D eigenvalue weighted by atomic mass is 19.1. The number of nitrogens with one attached hydrogen (secondary N) is 2. The zero-order chi connectivity index (χ0) is 13.5. The smallest absolute Gasteiger partial charge is 0.178 e. The Morgan fingerprint density at radius 1 is 1.44 bits per heavy atom. The van der Waals surface area contributed by atoms with Gasteiger partial charge in [0.2, 0.25) is 0 Å². The van der Waals surface area contributed by atoms with E-state index in [1.807, 2.05) is 5.43 Å². The lowest BCUT2D eigenvalue weighted by atomic mass is 10.2. The first-order valence-electron chi connectivity index (χ1n) is 5.31. The van der Waals surface area contributed by atoms with E-state index in [2.05, 4.69) is 10.3 Å². The van der Waals surface area contributed by atoms with Crippen LogP contribution in [0.4, 0.5) is 20.4 Å². The van der Waals surface area contributed by atoms with Crippen LogP contribution in [0.1, 0.15) is 6.42 Å². The number of aliphatic hydroxyl groups is 1. The van der Waals surface area contributed by atoms with E-state index in [1.165, 1.54) is 7.11 Å². The van der Waals surface area contributed by atoms with Crippen molar-refractivity contribution in [2.24, 2.45) is 5.84 Å². The number of pyridine rings is 1. The van der Waals surface area contributed by atoms with Crippen LogP contribution in [0.5, 0.6) is 0 Å². The summed E-state index contributed by atoms with van der Waals surface area (Å²) in [5.74, 6) is 2.91. The van der Waals surface area contributed by atoms with Gasteiger partial charge in [0, 0.05) is 19.8 Å². The number of nitrogen functional groups attached to an aromatic ring is 1. The average Bonchev–Trinajstić information content (AvgIpc) is 2.33. The number of methoxy groups -OCH3 is 1. The van der Waals surface area contributed by atoms with Crippen LogP contribution >= 0.6 is 0 Å². The first kappa shape index (κ1) is 14.6. The number of rotatable bonds is 7. The lowest BCUT2D eigenvalue weighted by Gasteiger charge is -2.18. The van der Waals surface area contributed by atoms with Gasteiger partial charge in [0.15, 0.2) is 23.3 Å². The molecule has 1 aromatic heterocycles. The standard InChI is InChI=1S/C10H16F2N4O2/c1-18-5-6(2-3-17)14-9-7(11)4-8(12)10(15-9)16-13/h4,6,17H,2-3,5,13H2,1H3,(H2,14,15,16). The predicted molar refractivity (Wildman–Crippen MR) is 63.0 cm³/mol. The van der Waals surface area contributed by atoms with Crippen molar-refractivity contribution < 1.29 is 18.6 Å². The minimum atomic E-state index is -0.883. The van der Waals surface area contributed by atoms with Crippen molar-refractivity contribution in [2.75, 3.05) is 31.1 Å². The van der Waals surface area contributed by atoms with Crippen molar-refractivity contribution in [1.82, 2.24) is 4.98 Å². The number of aromatic nitrogens is 1. The Morgan fingerprint density at radius 2 is 2.11 bits per heavy atom. The molecule has 0 amide bonds. The minimum Gasteiger partial charge on any atom is -0.396 e. The molecule has 0 spiro atoms. The highest BCUT2D eigenvalue weighted by Crippen LogP contribution is 2.19. The van der Waals surface area contributed by atoms with Crippen molar-refractivity contribution in [3.63, 3.8) is 0 Å². The second-order valence-corrected chi connectivity index (χ2v) is 3.60. The Morgan fingerprint density at radius 3 is 2.67 bits per heavy atom. The Balaban J connectivity index is 2.87. The van der Waals surface area contributed by atoms with Gasteiger partial charge in [0.1, 0.15) is 0 Å². The third-order valence-corrected chi connectivity index (χ3v) is 2.25. The summed E-state index contributed by atoms with van der Waals surface area (Å²) in [6.45, 7) is 0.163. The van der Waals surface area contributed by atoms with Crippen molar-refractivity contribution in [2.45, 2.75) is 12.5 Å². The fourth-order valence-corrected chi connectivity index (χ4v) is 1.42. The maximum Gasteiger partial charge on any atom is 0.178 e. The molecule has 0 fully saturated rings. The summed E-state index contributed by atoms with van der Waals surface area (Å²) >= 11 is 0. The summed E-state index contributed by atoms with van der Waals surface area (Å²) in [7, 11) is 1.48. The van der Waals surface area contributed by atoms with Gasteiger partial charge in [-0.15, -0.1) is 0 Å². The molecule has 0 radical (unpaired) electrons. The molecule has 6 nitrogen and oxygen atoms in total. The van der Waals surface area contributed by atoms with E-state index in [0.717, 1.165) is 0 Å². The van der Waals surface area contributed by atoms with E-state index >= 15 is 0 Å². The molecule has 8 heteroatoms. The highest BCUT2D eigenvalue weighted by Gasteiger charge is 2.15. The number of anilines is 2. The molecule has 0 saturated carbocycles. The quantitative estimate of drug-likeness (QED) is 0.421. The van der Waals surface area contributed by atoms with E-state index in [-0.39, 0.29) is 30.9 Å². The molecular weight excluding hydrogens is 246 g/mol. The molecule has 0 aliphatic carbocycles. The summed E-state index contributed by atoms with van der Waals surface area (Å²) in [6.07, 6.45) is 0.345. The van der Waals surface area contributed by atoms with E-state index in [1.54, 1.807) is 0 Å². The van der Waals surface area contributed by atoms with Crippen LogP contribution < -0.4 is 16.6 Å². The lowest BCUT2D eigenvalue weighted by molar-refractivity contribution is 0.170. The third kappa shape index (κ3) is 3.76. The van der Waals surface area contributed by atoms with Gasteiger partial charge in [-0.05, 0) is 6.42 Å². The van der Waals surface area contributed by atoms with Crippen LogP contribution in [-0.2, 0) is 4.74 Å². The third-order valence-electron chi connectivity index (χ3n) is 2.25. The molecule has 1 aromatic rings. The van der Waals surface area contributed by atoms with Gasteiger partial charge >= 0.3 is 0 Å². The van der Waals surface area contributed by atoms with Crippen LogP contribution in [0.15, 0.2) is 6.07 Å². The maximum absolute atomic E-state index is 13.5. The van der Waals surface area contributed by atoms with Crippen molar-refractivity contribution in [3.05, 3.63) is 17.7 Å². The summed E-state index contributed by atoms with van der Waals surface area (Å²) in [5.41, 5.74) is 2.03. The molecule has 1 rings (SSSR count). The van der Waals surface area contributed by atoms with E-state index in [4.69, 9.17) is 15.7 Å². The van der Waals surface area contributed by atoms with Crippen LogP contribution in [0, 0.1) is 11.6 Å². The monoisotopic (exact) mass is 262 g/mol. The molecule has 1 heterocycles. The van der Waals surface area contributed by atoms with E-state index in [0.29, 0.717) is 12.5 Å². The molecule has 18 heavy (non-hydrogen) atoms. The Kier molecular flexibility index (Phi) is 5.69. The predicted octanol–water partition coefficient (Wildman–Crippen LogP) is 0.455. The molecule has 102 valence electrons. The van der Waals surface area contributed by atoms with E-state index < -0.39 is 11.6 Å². The molecule has 1 atom stereocenters. The largest absolute Gasteiger partial charge is 0.396 e. The first-order valence-corrected chi connectivity index (χ1v) is 5.31. The number of hydrogen-bond donors (Lipinski definition) is 4. The molecule has 0 saturated heterocycles. The minimum absolute atomic E-state index is 0.0914. The van der Waals surface area contributed by atoms with Crippen molar-refractivity contribution >= 4 is 11.6 Å². The van der Waals surface area contributed by atoms with Crippen LogP contribution in [0.25, 0.3) is 0 Å². The molecule has 0 aliphatic heterocycles. The fourth-order valence-electron chi connectivity index (χ4n) is 1.42. The summed E-state index contributed by atoms with van der Waals surface area (Å²) in [4.78, 5) is 3.66. The topological polar surface area (TPSA) is 92.4 Å². The molecule has 0 bridgehead atoms. The van der Waals surface area contributed by atoms with Gasteiger partial charge in [-0.1, -0.05) is 0 Å². The summed E-state index contributed by atoms with van der Waals surface area (Å²) < 4.78 is 31.5. The number of ether oxygens (including phenoxy) is 1.